The fourth-order valence-electron chi connectivity index (χ4n) is 2.31. The van der Waals surface area contributed by atoms with E-state index in [0.29, 0.717) is 0 Å². The van der Waals surface area contributed by atoms with Crippen LogP contribution >= 0.6 is 12.4 Å². The van der Waals surface area contributed by atoms with Crippen LogP contribution in [0.1, 0.15) is 12.8 Å². The molecule has 1 aromatic rings. The minimum atomic E-state index is -0.0992. The van der Waals surface area contributed by atoms with E-state index in [4.69, 9.17) is 4.74 Å². The van der Waals surface area contributed by atoms with Crippen molar-refractivity contribution in [2.45, 2.75) is 18.9 Å². The zero-order chi connectivity index (χ0) is 14.4. The molecule has 1 heterocycles. The summed E-state index contributed by atoms with van der Waals surface area (Å²) in [5.41, 5.74) is 1.80. The number of amides is 1. The molecule has 5 nitrogen and oxygen atoms in total. The van der Waals surface area contributed by atoms with Gasteiger partial charge in [0.2, 0.25) is 5.91 Å². The van der Waals surface area contributed by atoms with E-state index in [2.05, 4.69) is 10.6 Å². The van der Waals surface area contributed by atoms with E-state index < -0.39 is 0 Å². The molecule has 1 aliphatic rings. The number of hydrogen-bond acceptors (Lipinski definition) is 4. The molecule has 1 amide bonds. The van der Waals surface area contributed by atoms with Crippen LogP contribution in [0.2, 0.25) is 0 Å². The molecule has 1 aromatic carbocycles. The van der Waals surface area contributed by atoms with Crippen LogP contribution in [-0.2, 0) is 9.53 Å². The highest BCUT2D eigenvalue weighted by Gasteiger charge is 2.15. The molecular formula is C15H24ClN3O2. The molecule has 1 fully saturated rings. The number of hydrogen-bond donors (Lipinski definition) is 2. The first-order valence-corrected chi connectivity index (χ1v) is 7.05. The van der Waals surface area contributed by atoms with Gasteiger partial charge in [-0.15, -0.1) is 12.4 Å². The molecule has 21 heavy (non-hydrogen) atoms. The lowest BCUT2D eigenvalue weighted by molar-refractivity contribution is -0.123. The third-order valence-electron chi connectivity index (χ3n) is 3.40. The zero-order valence-corrected chi connectivity index (χ0v) is 13.4. The highest BCUT2D eigenvalue weighted by molar-refractivity contribution is 5.95. The van der Waals surface area contributed by atoms with Gasteiger partial charge in [-0.3, -0.25) is 4.79 Å². The number of benzene rings is 1. The van der Waals surface area contributed by atoms with E-state index in [0.717, 1.165) is 37.3 Å². The van der Waals surface area contributed by atoms with Crippen LogP contribution in [0.5, 0.6) is 0 Å². The number of para-hydroxylation sites is 2. The lowest BCUT2D eigenvalue weighted by Gasteiger charge is -2.23. The summed E-state index contributed by atoms with van der Waals surface area (Å²) in [5.74, 6) is -0.0992. The highest BCUT2D eigenvalue weighted by atomic mass is 35.5. The first kappa shape index (κ1) is 17.8. The maximum atomic E-state index is 12.0. The van der Waals surface area contributed by atoms with Crippen molar-refractivity contribution in [3.05, 3.63) is 24.3 Å². The molecule has 0 atom stereocenters. The van der Waals surface area contributed by atoms with E-state index >= 15 is 0 Å². The quantitative estimate of drug-likeness (QED) is 0.871. The largest absolute Gasteiger partial charge is 0.376 e. The number of rotatable bonds is 5. The first-order valence-electron chi connectivity index (χ1n) is 7.05. The minimum absolute atomic E-state index is 0. The number of halogens is 1. The molecule has 0 saturated carbocycles. The van der Waals surface area contributed by atoms with Gasteiger partial charge in [0.25, 0.3) is 0 Å². The van der Waals surface area contributed by atoms with Crippen LogP contribution in [0.3, 0.4) is 0 Å². The third kappa shape index (κ3) is 5.53. The van der Waals surface area contributed by atoms with Crippen LogP contribution in [0.25, 0.3) is 0 Å². The molecule has 118 valence electrons. The number of ether oxygens (including phenoxy) is 1. The third-order valence-corrected chi connectivity index (χ3v) is 3.40. The van der Waals surface area contributed by atoms with Crippen molar-refractivity contribution in [1.82, 2.24) is 5.32 Å². The standard InChI is InChI=1S/C15H23N3O2.ClH/c1-18(2)14-6-4-3-5-13(14)17-15(19)11-20-12-7-9-16-10-8-12;/h3-6,12,16H,7-11H2,1-2H3,(H,17,19);1H. The van der Waals surface area contributed by atoms with Gasteiger partial charge < -0.3 is 20.3 Å². The molecule has 0 unspecified atom stereocenters. The summed E-state index contributed by atoms with van der Waals surface area (Å²) >= 11 is 0. The normalized spacial score (nSPS) is 15.1. The Labute approximate surface area is 132 Å². The van der Waals surface area contributed by atoms with Gasteiger partial charge >= 0.3 is 0 Å². The van der Waals surface area contributed by atoms with Crippen molar-refractivity contribution >= 4 is 29.7 Å². The lowest BCUT2D eigenvalue weighted by Crippen LogP contribution is -2.34. The average molecular weight is 314 g/mol. The number of nitrogens with one attached hydrogen (secondary N) is 2. The Kier molecular flexibility index (Phi) is 7.50. The summed E-state index contributed by atoms with van der Waals surface area (Å²) in [6.45, 7) is 2.05. The summed E-state index contributed by atoms with van der Waals surface area (Å²) in [4.78, 5) is 13.9. The predicted molar refractivity (Wildman–Crippen MR) is 88.5 cm³/mol. The number of carbonyl (C=O) groups is 1. The fourth-order valence-corrected chi connectivity index (χ4v) is 2.31. The molecule has 0 aliphatic carbocycles. The Morgan fingerprint density at radius 1 is 1.33 bits per heavy atom. The SMILES string of the molecule is CN(C)c1ccccc1NC(=O)COC1CCNCC1.Cl. The molecule has 2 rings (SSSR count). The molecule has 2 N–H and O–H groups in total. The van der Waals surface area contributed by atoms with E-state index in [1.165, 1.54) is 0 Å². The second-order valence-electron chi connectivity index (χ2n) is 5.22. The second kappa shape index (κ2) is 8.87. The zero-order valence-electron chi connectivity index (χ0n) is 12.6. The predicted octanol–water partition coefficient (Wildman–Crippen LogP) is 1.88. The van der Waals surface area contributed by atoms with Gasteiger partial charge in [0, 0.05) is 14.1 Å². The van der Waals surface area contributed by atoms with Gasteiger partial charge in [-0.2, -0.15) is 0 Å². The van der Waals surface area contributed by atoms with E-state index in [-0.39, 0.29) is 31.0 Å². The molecule has 6 heteroatoms. The van der Waals surface area contributed by atoms with Crippen molar-refractivity contribution in [2.75, 3.05) is 44.0 Å². The minimum Gasteiger partial charge on any atom is -0.376 e. The monoisotopic (exact) mass is 313 g/mol. The van der Waals surface area contributed by atoms with Gasteiger partial charge in [0.15, 0.2) is 0 Å². The van der Waals surface area contributed by atoms with Gasteiger partial charge in [-0.1, -0.05) is 12.1 Å². The topological polar surface area (TPSA) is 53.6 Å². The van der Waals surface area contributed by atoms with E-state index in [1.54, 1.807) is 0 Å². The number of piperidine rings is 1. The van der Waals surface area contributed by atoms with Gasteiger partial charge in [-0.25, -0.2) is 0 Å². The van der Waals surface area contributed by atoms with Crippen molar-refractivity contribution < 1.29 is 9.53 Å². The van der Waals surface area contributed by atoms with E-state index in [1.807, 2.05) is 43.3 Å². The van der Waals surface area contributed by atoms with Crippen LogP contribution < -0.4 is 15.5 Å². The lowest BCUT2D eigenvalue weighted by atomic mass is 10.1. The Bertz CT molecular complexity index is 448. The molecule has 0 spiro atoms. The molecule has 0 bridgehead atoms. The Morgan fingerprint density at radius 2 is 2.00 bits per heavy atom. The van der Waals surface area contributed by atoms with Crippen molar-refractivity contribution in [3.63, 3.8) is 0 Å². The van der Waals surface area contributed by atoms with Crippen LogP contribution in [0.15, 0.2) is 24.3 Å². The Morgan fingerprint density at radius 3 is 2.67 bits per heavy atom. The summed E-state index contributed by atoms with van der Waals surface area (Å²) in [6, 6.07) is 7.74. The van der Waals surface area contributed by atoms with Crippen molar-refractivity contribution in [3.8, 4) is 0 Å². The number of nitrogens with zero attached hydrogens (tertiary/aromatic N) is 1. The Balaban J connectivity index is 0.00000220. The molecule has 0 aromatic heterocycles. The average Bonchev–Trinajstić information content (AvgIpc) is 2.46. The van der Waals surface area contributed by atoms with Gasteiger partial charge in [-0.05, 0) is 38.1 Å². The summed E-state index contributed by atoms with van der Waals surface area (Å²) in [5, 5.41) is 6.19. The maximum Gasteiger partial charge on any atom is 0.250 e. The summed E-state index contributed by atoms with van der Waals surface area (Å²) < 4.78 is 5.65. The summed E-state index contributed by atoms with van der Waals surface area (Å²) in [7, 11) is 3.91. The fraction of sp³-hybridized carbons (Fsp3) is 0.533. The summed E-state index contributed by atoms with van der Waals surface area (Å²) in [6.07, 6.45) is 2.15. The smallest absolute Gasteiger partial charge is 0.250 e. The molecule has 0 radical (unpaired) electrons. The maximum absolute atomic E-state index is 12.0. The van der Waals surface area contributed by atoms with Crippen LogP contribution in [0.4, 0.5) is 11.4 Å². The first-order chi connectivity index (χ1) is 9.66. The molecular weight excluding hydrogens is 290 g/mol. The van der Waals surface area contributed by atoms with Crippen molar-refractivity contribution in [2.24, 2.45) is 0 Å². The number of anilines is 2. The number of carbonyl (C=O) groups excluding carboxylic acids is 1. The molecule has 1 aliphatic heterocycles. The van der Waals surface area contributed by atoms with Crippen LogP contribution in [-0.4, -0.2) is 45.8 Å². The van der Waals surface area contributed by atoms with Crippen molar-refractivity contribution in [1.29, 1.82) is 0 Å². The Hall–Kier alpha value is -1.30. The molecule has 1 saturated heterocycles. The van der Waals surface area contributed by atoms with Gasteiger partial charge in [0.1, 0.15) is 6.61 Å². The van der Waals surface area contributed by atoms with E-state index in [9.17, 15) is 4.79 Å². The van der Waals surface area contributed by atoms with Gasteiger partial charge in [0.05, 0.1) is 17.5 Å². The van der Waals surface area contributed by atoms with Crippen LogP contribution in [0, 0.1) is 0 Å². The highest BCUT2D eigenvalue weighted by Crippen LogP contribution is 2.23. The second-order valence-corrected chi connectivity index (χ2v) is 5.22.